The van der Waals surface area contributed by atoms with Gasteiger partial charge in [0.25, 0.3) is 5.56 Å². The van der Waals surface area contributed by atoms with Crippen LogP contribution in [0.1, 0.15) is 12.0 Å². The Morgan fingerprint density at radius 1 is 1.11 bits per heavy atom. The third-order valence-electron chi connectivity index (χ3n) is 4.65. The van der Waals surface area contributed by atoms with E-state index in [1.807, 2.05) is 30.3 Å². The van der Waals surface area contributed by atoms with Crippen molar-refractivity contribution in [3.05, 3.63) is 69.0 Å². The highest BCUT2D eigenvalue weighted by molar-refractivity contribution is 5.76. The molecule has 1 amide bonds. The number of benzene rings is 1. The topological polar surface area (TPSA) is 98.6 Å². The summed E-state index contributed by atoms with van der Waals surface area (Å²) in [5, 5.41) is 10.3. The van der Waals surface area contributed by atoms with Crippen LogP contribution in [0.15, 0.2) is 52.2 Å². The zero-order chi connectivity index (χ0) is 19.2. The molecule has 0 spiro atoms. The molecule has 2 aromatic rings. The molecule has 2 heterocycles. The van der Waals surface area contributed by atoms with Gasteiger partial charge in [-0.3, -0.25) is 19.5 Å². The lowest BCUT2D eigenvalue weighted by Gasteiger charge is -2.22. The van der Waals surface area contributed by atoms with E-state index in [0.29, 0.717) is 19.6 Å². The normalized spacial score (nSPS) is 18.3. The molecule has 3 rings (SSSR count). The van der Waals surface area contributed by atoms with E-state index in [2.05, 4.69) is 9.88 Å². The Hall–Kier alpha value is -2.71. The van der Waals surface area contributed by atoms with Gasteiger partial charge in [-0.05, 0) is 5.56 Å². The summed E-state index contributed by atoms with van der Waals surface area (Å²) in [5.74, 6) is -0.117. The lowest BCUT2D eigenvalue weighted by molar-refractivity contribution is -0.132. The van der Waals surface area contributed by atoms with Crippen molar-refractivity contribution in [3.63, 3.8) is 0 Å². The molecule has 0 bridgehead atoms. The van der Waals surface area contributed by atoms with E-state index >= 15 is 0 Å². The number of nitrogens with one attached hydrogen (secondary N) is 1. The van der Waals surface area contributed by atoms with Crippen LogP contribution in [0.25, 0.3) is 0 Å². The van der Waals surface area contributed by atoms with Crippen molar-refractivity contribution in [1.82, 2.24) is 19.4 Å². The maximum Gasteiger partial charge on any atom is 0.328 e. The molecule has 8 nitrogen and oxygen atoms in total. The maximum absolute atomic E-state index is 12.5. The fourth-order valence-electron chi connectivity index (χ4n) is 3.26. The van der Waals surface area contributed by atoms with Crippen molar-refractivity contribution in [2.24, 2.45) is 0 Å². The van der Waals surface area contributed by atoms with E-state index in [-0.39, 0.29) is 25.4 Å². The molecule has 1 saturated heterocycles. The molecule has 1 aliphatic heterocycles. The predicted molar refractivity (Wildman–Crippen MR) is 100 cm³/mol. The van der Waals surface area contributed by atoms with Gasteiger partial charge in [-0.1, -0.05) is 30.3 Å². The summed E-state index contributed by atoms with van der Waals surface area (Å²) >= 11 is 0. The van der Waals surface area contributed by atoms with Crippen LogP contribution >= 0.6 is 0 Å². The van der Waals surface area contributed by atoms with Crippen LogP contribution in [0, 0.1) is 0 Å². The minimum absolute atomic E-state index is 0.117. The summed E-state index contributed by atoms with van der Waals surface area (Å²) < 4.78 is 1.30. The monoisotopic (exact) mass is 372 g/mol. The Balaban J connectivity index is 1.56. The summed E-state index contributed by atoms with van der Waals surface area (Å²) in [6.07, 6.45) is 0.904. The van der Waals surface area contributed by atoms with E-state index < -0.39 is 17.4 Å². The molecule has 1 fully saturated rings. The van der Waals surface area contributed by atoms with Crippen LogP contribution < -0.4 is 11.2 Å². The Kier molecular flexibility index (Phi) is 6.20. The van der Waals surface area contributed by atoms with Crippen molar-refractivity contribution < 1.29 is 9.90 Å². The highest BCUT2D eigenvalue weighted by Gasteiger charge is 2.24. The number of nitrogens with zero attached hydrogens (tertiary/aromatic N) is 3. The van der Waals surface area contributed by atoms with Gasteiger partial charge in [0.2, 0.25) is 5.91 Å². The van der Waals surface area contributed by atoms with Crippen LogP contribution in [0.2, 0.25) is 0 Å². The van der Waals surface area contributed by atoms with E-state index in [0.717, 1.165) is 6.54 Å². The second-order valence-electron chi connectivity index (χ2n) is 6.77. The van der Waals surface area contributed by atoms with Gasteiger partial charge in [-0.25, -0.2) is 4.79 Å². The predicted octanol–water partition coefficient (Wildman–Crippen LogP) is -0.368. The molecule has 0 aliphatic carbocycles. The molecular weight excluding hydrogens is 348 g/mol. The van der Waals surface area contributed by atoms with Crippen molar-refractivity contribution in [3.8, 4) is 0 Å². The molecule has 27 heavy (non-hydrogen) atoms. The highest BCUT2D eigenvalue weighted by Crippen LogP contribution is 2.10. The molecule has 8 heteroatoms. The van der Waals surface area contributed by atoms with Crippen molar-refractivity contribution in [2.75, 3.05) is 26.2 Å². The third kappa shape index (κ3) is 5.38. The average Bonchev–Trinajstić information content (AvgIpc) is 2.83. The van der Waals surface area contributed by atoms with Crippen molar-refractivity contribution >= 4 is 5.91 Å². The quantitative estimate of drug-likeness (QED) is 0.746. The molecule has 1 aromatic carbocycles. The first-order valence-electron chi connectivity index (χ1n) is 9.03. The molecular formula is C19H24N4O4. The van der Waals surface area contributed by atoms with Gasteiger partial charge in [0.15, 0.2) is 0 Å². The maximum atomic E-state index is 12.5. The number of carbonyl (C=O) groups excluding carboxylic acids is 1. The minimum Gasteiger partial charge on any atom is -0.390 e. The fraction of sp³-hybridized carbons (Fsp3) is 0.421. The summed E-state index contributed by atoms with van der Waals surface area (Å²) in [7, 11) is 0. The number of aromatic nitrogens is 2. The number of rotatable bonds is 5. The number of β-amino-alcohol motifs (C(OH)–C–C–N with tert-alkyl or cyclic N) is 1. The van der Waals surface area contributed by atoms with Gasteiger partial charge in [-0.2, -0.15) is 0 Å². The van der Waals surface area contributed by atoms with Crippen LogP contribution in [0.4, 0.5) is 0 Å². The second kappa shape index (κ2) is 8.79. The molecule has 0 radical (unpaired) electrons. The number of amides is 1. The van der Waals surface area contributed by atoms with Gasteiger partial charge >= 0.3 is 5.69 Å². The number of carbonyl (C=O) groups is 1. The first-order chi connectivity index (χ1) is 13.0. The molecule has 1 unspecified atom stereocenters. The van der Waals surface area contributed by atoms with E-state index in [9.17, 15) is 19.5 Å². The summed E-state index contributed by atoms with van der Waals surface area (Å²) in [6, 6.07) is 11.3. The summed E-state index contributed by atoms with van der Waals surface area (Å²) in [5.41, 5.74) is 0.180. The summed E-state index contributed by atoms with van der Waals surface area (Å²) in [6.45, 7) is 2.92. The third-order valence-corrected chi connectivity index (χ3v) is 4.65. The minimum atomic E-state index is -0.615. The van der Waals surface area contributed by atoms with Crippen LogP contribution in [-0.2, 0) is 17.9 Å². The van der Waals surface area contributed by atoms with Gasteiger partial charge in [0, 0.05) is 58.0 Å². The number of H-pyrrole nitrogens is 1. The Morgan fingerprint density at radius 2 is 1.89 bits per heavy atom. The average molecular weight is 372 g/mol. The molecule has 1 atom stereocenters. The standard InChI is InChI=1S/C19H24N4O4/c24-16-13-21(12-15-4-2-1-3-5-15)10-11-23(14-16)18(26)7-9-22-8-6-17(25)20-19(22)27/h1-6,8,16,24H,7,9-14H2,(H,20,25,27). The highest BCUT2D eigenvalue weighted by atomic mass is 16.3. The van der Waals surface area contributed by atoms with Crippen LogP contribution in [-0.4, -0.2) is 62.6 Å². The smallest absolute Gasteiger partial charge is 0.328 e. The van der Waals surface area contributed by atoms with Crippen LogP contribution in [0.5, 0.6) is 0 Å². The first kappa shape index (κ1) is 19.1. The summed E-state index contributed by atoms with van der Waals surface area (Å²) in [4.78, 5) is 41.2. The number of aromatic amines is 1. The van der Waals surface area contributed by atoms with Crippen LogP contribution in [0.3, 0.4) is 0 Å². The van der Waals surface area contributed by atoms with Gasteiger partial charge in [-0.15, -0.1) is 0 Å². The lowest BCUT2D eigenvalue weighted by Crippen LogP contribution is -2.38. The number of hydrogen-bond donors (Lipinski definition) is 2. The zero-order valence-electron chi connectivity index (χ0n) is 15.1. The largest absolute Gasteiger partial charge is 0.390 e. The number of aliphatic hydroxyl groups is 1. The van der Waals surface area contributed by atoms with E-state index in [1.54, 1.807) is 4.90 Å². The number of aliphatic hydroxyl groups excluding tert-OH is 1. The second-order valence-corrected chi connectivity index (χ2v) is 6.77. The molecule has 0 saturated carbocycles. The first-order valence-corrected chi connectivity index (χ1v) is 9.03. The number of hydrogen-bond acceptors (Lipinski definition) is 5. The molecule has 2 N–H and O–H groups in total. The zero-order valence-corrected chi connectivity index (χ0v) is 15.1. The molecule has 1 aliphatic rings. The van der Waals surface area contributed by atoms with Gasteiger partial charge in [0.05, 0.1) is 6.10 Å². The lowest BCUT2D eigenvalue weighted by atomic mass is 10.2. The van der Waals surface area contributed by atoms with E-state index in [1.165, 1.54) is 22.4 Å². The SMILES string of the molecule is O=C(CCn1ccc(=O)[nH]c1=O)N1CCN(Cc2ccccc2)CC(O)C1. The Bertz CT molecular complexity index is 877. The fourth-order valence-corrected chi connectivity index (χ4v) is 3.26. The van der Waals surface area contributed by atoms with E-state index in [4.69, 9.17) is 0 Å². The van der Waals surface area contributed by atoms with Crippen molar-refractivity contribution in [2.45, 2.75) is 25.6 Å². The van der Waals surface area contributed by atoms with Gasteiger partial charge < -0.3 is 14.6 Å². The number of aryl methyl sites for hydroxylation is 1. The Labute approximate surface area is 156 Å². The Morgan fingerprint density at radius 3 is 2.63 bits per heavy atom. The molecule has 1 aromatic heterocycles. The molecule has 144 valence electrons. The van der Waals surface area contributed by atoms with Crippen molar-refractivity contribution in [1.29, 1.82) is 0 Å². The van der Waals surface area contributed by atoms with Gasteiger partial charge in [0.1, 0.15) is 0 Å².